The van der Waals surface area contributed by atoms with E-state index in [1.807, 2.05) is 12.1 Å². The van der Waals surface area contributed by atoms with Crippen molar-refractivity contribution in [3.05, 3.63) is 76.5 Å². The highest BCUT2D eigenvalue weighted by molar-refractivity contribution is 5.81. The van der Waals surface area contributed by atoms with Gasteiger partial charge in [0.2, 0.25) is 0 Å². The van der Waals surface area contributed by atoms with Gasteiger partial charge in [0.15, 0.2) is 0 Å². The maximum absolute atomic E-state index is 12.7. The van der Waals surface area contributed by atoms with E-state index >= 15 is 0 Å². The topological polar surface area (TPSA) is 107 Å². The van der Waals surface area contributed by atoms with Gasteiger partial charge in [-0.05, 0) is 48.2 Å². The standard InChI is InChI=1S/C22H15F3N4O/c23-22(24,25)15-7-4-13(5-8-15)6-9-19-17(11-26)20(18(12-27)21(28)29-19)14-2-1-3-16(30)10-14/h1-5,7-8,10,30H,6,9H2,(H2,28,29). The number of aromatic hydroxyl groups is 1. The summed E-state index contributed by atoms with van der Waals surface area (Å²) in [4.78, 5) is 4.19. The molecule has 150 valence electrons. The first-order chi connectivity index (χ1) is 14.2. The van der Waals surface area contributed by atoms with E-state index in [4.69, 9.17) is 5.73 Å². The van der Waals surface area contributed by atoms with Crippen molar-refractivity contribution in [2.75, 3.05) is 5.73 Å². The van der Waals surface area contributed by atoms with Crippen molar-refractivity contribution in [2.45, 2.75) is 19.0 Å². The Labute approximate surface area is 170 Å². The van der Waals surface area contributed by atoms with Crippen LogP contribution in [-0.4, -0.2) is 10.1 Å². The number of aryl methyl sites for hydroxylation is 2. The van der Waals surface area contributed by atoms with Gasteiger partial charge < -0.3 is 10.8 Å². The van der Waals surface area contributed by atoms with Crippen LogP contribution in [0.15, 0.2) is 48.5 Å². The number of hydrogen-bond donors (Lipinski definition) is 2. The fourth-order valence-corrected chi connectivity index (χ4v) is 3.14. The second kappa shape index (κ2) is 8.14. The number of halogens is 3. The predicted molar refractivity (Wildman–Crippen MR) is 104 cm³/mol. The normalized spacial score (nSPS) is 11.0. The van der Waals surface area contributed by atoms with Crippen LogP contribution in [0.25, 0.3) is 11.1 Å². The van der Waals surface area contributed by atoms with Gasteiger partial charge in [-0.25, -0.2) is 4.98 Å². The van der Waals surface area contributed by atoms with Crippen LogP contribution < -0.4 is 5.73 Å². The van der Waals surface area contributed by atoms with Gasteiger partial charge in [0.05, 0.1) is 16.8 Å². The molecule has 0 fully saturated rings. The minimum absolute atomic E-state index is 0.0235. The number of phenolic OH excluding ortho intramolecular Hbond substituents is 1. The molecule has 0 saturated carbocycles. The minimum Gasteiger partial charge on any atom is -0.508 e. The van der Waals surface area contributed by atoms with Crippen molar-refractivity contribution >= 4 is 5.82 Å². The third-order valence-electron chi connectivity index (χ3n) is 4.59. The molecule has 8 heteroatoms. The van der Waals surface area contributed by atoms with E-state index in [-0.39, 0.29) is 34.7 Å². The van der Waals surface area contributed by atoms with E-state index < -0.39 is 11.7 Å². The molecule has 3 rings (SSSR count). The SMILES string of the molecule is N#Cc1c(N)nc(CCc2ccc(C(F)(F)F)cc2)c(C#N)c1-c1cccc(O)c1. The molecule has 0 bridgehead atoms. The molecule has 0 radical (unpaired) electrons. The van der Waals surface area contributed by atoms with Crippen LogP contribution in [-0.2, 0) is 19.0 Å². The smallest absolute Gasteiger partial charge is 0.416 e. The monoisotopic (exact) mass is 408 g/mol. The number of nitriles is 2. The number of hydrogen-bond acceptors (Lipinski definition) is 5. The number of benzene rings is 2. The molecule has 2 aromatic carbocycles. The third kappa shape index (κ3) is 4.18. The fraction of sp³-hybridized carbons (Fsp3) is 0.136. The number of nitrogens with two attached hydrogens (primary N) is 1. The van der Waals surface area contributed by atoms with Crippen molar-refractivity contribution < 1.29 is 18.3 Å². The van der Waals surface area contributed by atoms with Gasteiger partial charge in [-0.3, -0.25) is 0 Å². The highest BCUT2D eigenvalue weighted by Gasteiger charge is 2.30. The van der Waals surface area contributed by atoms with E-state index in [0.717, 1.165) is 12.1 Å². The van der Waals surface area contributed by atoms with Gasteiger partial charge in [-0.2, -0.15) is 23.7 Å². The van der Waals surface area contributed by atoms with Crippen LogP contribution in [0.5, 0.6) is 5.75 Å². The Balaban J connectivity index is 2.00. The van der Waals surface area contributed by atoms with Crippen LogP contribution in [0, 0.1) is 22.7 Å². The predicted octanol–water partition coefficient (Wildman–Crippen LogP) is 4.58. The first kappa shape index (κ1) is 20.7. The molecule has 0 aliphatic rings. The zero-order valence-corrected chi connectivity index (χ0v) is 15.5. The Hall–Kier alpha value is -4.04. The Morgan fingerprint density at radius 3 is 2.20 bits per heavy atom. The maximum atomic E-state index is 12.7. The quantitative estimate of drug-likeness (QED) is 0.657. The summed E-state index contributed by atoms with van der Waals surface area (Å²) in [5.74, 6) is -0.0979. The summed E-state index contributed by atoms with van der Waals surface area (Å²) in [5, 5.41) is 29.0. The molecule has 0 unspecified atom stereocenters. The molecule has 0 spiro atoms. The molecule has 3 N–H and O–H groups in total. The highest BCUT2D eigenvalue weighted by Crippen LogP contribution is 2.34. The first-order valence-corrected chi connectivity index (χ1v) is 8.82. The summed E-state index contributed by atoms with van der Waals surface area (Å²) in [6.07, 6.45) is -3.85. The van der Waals surface area contributed by atoms with Crippen LogP contribution in [0.3, 0.4) is 0 Å². The molecular formula is C22H15F3N4O. The van der Waals surface area contributed by atoms with Gasteiger partial charge in [0.25, 0.3) is 0 Å². The average molecular weight is 408 g/mol. The summed E-state index contributed by atoms with van der Waals surface area (Å²) in [6, 6.07) is 14.8. The molecular weight excluding hydrogens is 393 g/mol. The number of phenols is 1. The molecule has 3 aromatic rings. The van der Waals surface area contributed by atoms with E-state index in [9.17, 15) is 28.8 Å². The maximum Gasteiger partial charge on any atom is 0.416 e. The number of nitrogen functional groups attached to an aromatic ring is 1. The van der Waals surface area contributed by atoms with Gasteiger partial charge in [-0.1, -0.05) is 24.3 Å². The number of rotatable bonds is 4. The van der Waals surface area contributed by atoms with Crippen LogP contribution in [0.4, 0.5) is 19.0 Å². The largest absolute Gasteiger partial charge is 0.508 e. The highest BCUT2D eigenvalue weighted by atomic mass is 19.4. The molecule has 1 heterocycles. The number of anilines is 1. The summed E-state index contributed by atoms with van der Waals surface area (Å²) < 4.78 is 38.1. The Bertz CT molecular complexity index is 1170. The molecule has 1 aromatic heterocycles. The summed E-state index contributed by atoms with van der Waals surface area (Å²) in [6.45, 7) is 0. The van der Waals surface area contributed by atoms with E-state index in [1.165, 1.54) is 24.3 Å². The van der Waals surface area contributed by atoms with Crippen LogP contribution in [0.1, 0.15) is 27.9 Å². The lowest BCUT2D eigenvalue weighted by Crippen LogP contribution is -2.08. The first-order valence-electron chi connectivity index (χ1n) is 8.82. The molecule has 0 saturated heterocycles. The molecule has 5 nitrogen and oxygen atoms in total. The Morgan fingerprint density at radius 2 is 1.63 bits per heavy atom. The minimum atomic E-state index is -4.41. The van der Waals surface area contributed by atoms with E-state index in [1.54, 1.807) is 12.1 Å². The lowest BCUT2D eigenvalue weighted by molar-refractivity contribution is -0.137. The molecule has 0 aliphatic carbocycles. The van der Waals surface area contributed by atoms with Crippen molar-refractivity contribution in [2.24, 2.45) is 0 Å². The average Bonchev–Trinajstić information content (AvgIpc) is 2.71. The number of nitrogens with zero attached hydrogens (tertiary/aromatic N) is 3. The van der Waals surface area contributed by atoms with Gasteiger partial charge in [0.1, 0.15) is 29.3 Å². The Kier molecular flexibility index (Phi) is 5.61. The zero-order valence-electron chi connectivity index (χ0n) is 15.5. The van der Waals surface area contributed by atoms with Crippen LogP contribution in [0.2, 0.25) is 0 Å². The van der Waals surface area contributed by atoms with Crippen molar-refractivity contribution in [3.8, 4) is 29.0 Å². The van der Waals surface area contributed by atoms with Crippen molar-refractivity contribution in [3.63, 3.8) is 0 Å². The van der Waals surface area contributed by atoms with E-state index in [0.29, 0.717) is 23.2 Å². The zero-order chi connectivity index (χ0) is 21.9. The van der Waals surface area contributed by atoms with Gasteiger partial charge in [-0.15, -0.1) is 0 Å². The molecule has 30 heavy (non-hydrogen) atoms. The van der Waals surface area contributed by atoms with E-state index in [2.05, 4.69) is 4.98 Å². The lowest BCUT2D eigenvalue weighted by Gasteiger charge is -2.14. The Morgan fingerprint density at radius 1 is 0.967 bits per heavy atom. The third-order valence-corrected chi connectivity index (χ3v) is 4.59. The molecule has 0 aliphatic heterocycles. The van der Waals surface area contributed by atoms with Gasteiger partial charge >= 0.3 is 6.18 Å². The fourth-order valence-electron chi connectivity index (χ4n) is 3.14. The summed E-state index contributed by atoms with van der Waals surface area (Å²) >= 11 is 0. The summed E-state index contributed by atoms with van der Waals surface area (Å²) in [7, 11) is 0. The summed E-state index contributed by atoms with van der Waals surface area (Å²) in [5.41, 5.74) is 7.03. The lowest BCUT2D eigenvalue weighted by atomic mass is 9.92. The molecule has 0 atom stereocenters. The van der Waals surface area contributed by atoms with Gasteiger partial charge in [0, 0.05) is 5.56 Å². The van der Waals surface area contributed by atoms with Crippen molar-refractivity contribution in [1.29, 1.82) is 10.5 Å². The number of alkyl halides is 3. The van der Waals surface area contributed by atoms with Crippen LogP contribution >= 0.6 is 0 Å². The number of pyridine rings is 1. The second-order valence-electron chi connectivity index (χ2n) is 6.54. The second-order valence-corrected chi connectivity index (χ2v) is 6.54. The van der Waals surface area contributed by atoms with Crippen molar-refractivity contribution in [1.82, 2.24) is 4.98 Å². The molecule has 0 amide bonds. The number of aromatic nitrogens is 1.